The number of aromatic nitrogens is 3. The van der Waals surface area contributed by atoms with Crippen LogP contribution in [0.4, 0.5) is 5.82 Å². The van der Waals surface area contributed by atoms with Crippen molar-refractivity contribution in [3.63, 3.8) is 0 Å². The largest absolute Gasteiger partial charge is 0.357 e. The molecule has 1 saturated heterocycles. The second kappa shape index (κ2) is 8.11. The standard InChI is InChI=1S/C21H31N5O/c1-14-6-7-20(22-13-14)26-10-8-18(9-11-26)21(27)23-15(2)12-19-16(3)24-25(5)17(19)4/h6-7,13,15,18H,8-12H2,1-5H3,(H,23,27). The molecule has 1 N–H and O–H groups in total. The zero-order valence-electron chi connectivity index (χ0n) is 17.1. The molecule has 1 fully saturated rings. The Labute approximate surface area is 162 Å². The fraction of sp³-hybridized carbons (Fsp3) is 0.571. The molecule has 1 aliphatic heterocycles. The van der Waals surface area contributed by atoms with E-state index >= 15 is 0 Å². The van der Waals surface area contributed by atoms with Crippen LogP contribution in [-0.2, 0) is 18.3 Å². The third-order valence-electron chi connectivity index (χ3n) is 5.64. The Kier molecular flexibility index (Phi) is 5.82. The first kappa shape index (κ1) is 19.4. The van der Waals surface area contributed by atoms with Gasteiger partial charge in [-0.3, -0.25) is 9.48 Å². The van der Waals surface area contributed by atoms with Gasteiger partial charge in [0.2, 0.25) is 5.91 Å². The minimum Gasteiger partial charge on any atom is -0.357 e. The Hall–Kier alpha value is -2.37. The summed E-state index contributed by atoms with van der Waals surface area (Å²) in [4.78, 5) is 19.5. The maximum atomic E-state index is 12.7. The summed E-state index contributed by atoms with van der Waals surface area (Å²) in [6.07, 6.45) is 4.47. The molecule has 0 aromatic carbocycles. The summed E-state index contributed by atoms with van der Waals surface area (Å²) in [5, 5.41) is 7.68. The van der Waals surface area contributed by atoms with Crippen LogP contribution >= 0.6 is 0 Å². The molecule has 2 aromatic heterocycles. The number of nitrogens with zero attached hydrogens (tertiary/aromatic N) is 4. The minimum absolute atomic E-state index is 0.0882. The number of hydrogen-bond acceptors (Lipinski definition) is 4. The molecule has 0 saturated carbocycles. The number of anilines is 1. The second-order valence-electron chi connectivity index (χ2n) is 7.84. The van der Waals surface area contributed by atoms with E-state index in [1.807, 2.05) is 31.8 Å². The van der Waals surface area contributed by atoms with E-state index in [1.54, 1.807) is 0 Å². The van der Waals surface area contributed by atoms with Gasteiger partial charge in [0, 0.05) is 44.0 Å². The lowest BCUT2D eigenvalue weighted by atomic mass is 9.95. The summed E-state index contributed by atoms with van der Waals surface area (Å²) in [7, 11) is 1.96. The van der Waals surface area contributed by atoms with Crippen LogP contribution in [-0.4, -0.2) is 39.8 Å². The average Bonchev–Trinajstić information content (AvgIpc) is 2.88. The van der Waals surface area contributed by atoms with Gasteiger partial charge in [-0.2, -0.15) is 5.10 Å². The first-order valence-corrected chi connectivity index (χ1v) is 9.82. The van der Waals surface area contributed by atoms with Crippen LogP contribution in [0.3, 0.4) is 0 Å². The van der Waals surface area contributed by atoms with E-state index in [0.29, 0.717) is 0 Å². The Morgan fingerprint density at radius 3 is 2.52 bits per heavy atom. The molecule has 1 atom stereocenters. The van der Waals surface area contributed by atoms with Gasteiger partial charge in [0.25, 0.3) is 0 Å². The predicted molar refractivity (Wildman–Crippen MR) is 108 cm³/mol. The Morgan fingerprint density at radius 2 is 1.96 bits per heavy atom. The number of carbonyl (C=O) groups is 1. The molecule has 3 heterocycles. The fourth-order valence-corrected chi connectivity index (χ4v) is 3.85. The highest BCUT2D eigenvalue weighted by Crippen LogP contribution is 2.22. The molecule has 0 bridgehead atoms. The van der Waals surface area contributed by atoms with Gasteiger partial charge < -0.3 is 10.2 Å². The maximum Gasteiger partial charge on any atom is 0.223 e. The normalized spacial score (nSPS) is 16.4. The molecule has 0 spiro atoms. The van der Waals surface area contributed by atoms with Gasteiger partial charge in [0.05, 0.1) is 5.69 Å². The summed E-state index contributed by atoms with van der Waals surface area (Å²) in [5.41, 5.74) is 4.63. The van der Waals surface area contributed by atoms with E-state index in [0.717, 1.165) is 43.9 Å². The number of carbonyl (C=O) groups excluding carboxylic acids is 1. The Balaban J connectivity index is 1.51. The molecule has 1 amide bonds. The van der Waals surface area contributed by atoms with Crippen molar-refractivity contribution in [2.24, 2.45) is 13.0 Å². The summed E-state index contributed by atoms with van der Waals surface area (Å²) >= 11 is 0. The third-order valence-corrected chi connectivity index (χ3v) is 5.64. The van der Waals surface area contributed by atoms with Gasteiger partial charge in [-0.25, -0.2) is 4.98 Å². The van der Waals surface area contributed by atoms with E-state index in [2.05, 4.69) is 46.3 Å². The maximum absolute atomic E-state index is 12.7. The van der Waals surface area contributed by atoms with Crippen LogP contribution in [0.1, 0.15) is 42.3 Å². The van der Waals surface area contributed by atoms with Crippen molar-refractivity contribution in [1.82, 2.24) is 20.1 Å². The molecular weight excluding hydrogens is 338 g/mol. The van der Waals surface area contributed by atoms with Crippen LogP contribution < -0.4 is 10.2 Å². The van der Waals surface area contributed by atoms with Gasteiger partial charge in [-0.1, -0.05) is 6.07 Å². The molecule has 27 heavy (non-hydrogen) atoms. The highest BCUT2D eigenvalue weighted by atomic mass is 16.1. The molecule has 6 heteroatoms. The minimum atomic E-state index is 0.0882. The number of rotatable bonds is 5. The van der Waals surface area contributed by atoms with E-state index in [4.69, 9.17) is 0 Å². The Bertz CT molecular complexity index is 788. The lowest BCUT2D eigenvalue weighted by molar-refractivity contribution is -0.126. The number of hydrogen-bond donors (Lipinski definition) is 1. The van der Waals surface area contributed by atoms with Gasteiger partial charge in [0.15, 0.2) is 0 Å². The number of pyridine rings is 1. The first-order chi connectivity index (χ1) is 12.8. The Morgan fingerprint density at radius 1 is 1.26 bits per heavy atom. The molecule has 146 valence electrons. The molecule has 0 radical (unpaired) electrons. The topological polar surface area (TPSA) is 63.1 Å². The summed E-state index contributed by atoms with van der Waals surface area (Å²) < 4.78 is 1.91. The molecule has 1 unspecified atom stereocenters. The smallest absolute Gasteiger partial charge is 0.223 e. The van der Waals surface area contributed by atoms with Crippen molar-refractivity contribution in [2.45, 2.75) is 53.0 Å². The second-order valence-corrected chi connectivity index (χ2v) is 7.84. The monoisotopic (exact) mass is 369 g/mol. The van der Waals surface area contributed by atoms with Crippen LogP contribution in [0.25, 0.3) is 0 Å². The van der Waals surface area contributed by atoms with Crippen molar-refractivity contribution in [1.29, 1.82) is 0 Å². The zero-order valence-corrected chi connectivity index (χ0v) is 17.1. The first-order valence-electron chi connectivity index (χ1n) is 9.82. The van der Waals surface area contributed by atoms with Gasteiger partial charge >= 0.3 is 0 Å². The SMILES string of the molecule is Cc1ccc(N2CCC(C(=O)NC(C)Cc3c(C)nn(C)c3C)CC2)nc1. The highest BCUT2D eigenvalue weighted by molar-refractivity contribution is 5.79. The van der Waals surface area contributed by atoms with Crippen molar-refractivity contribution in [3.05, 3.63) is 40.8 Å². The van der Waals surface area contributed by atoms with E-state index in [-0.39, 0.29) is 17.9 Å². The number of nitrogens with one attached hydrogen (secondary N) is 1. The molecular formula is C21H31N5O. The van der Waals surface area contributed by atoms with Crippen LogP contribution in [0.5, 0.6) is 0 Å². The van der Waals surface area contributed by atoms with Gasteiger partial charge in [-0.15, -0.1) is 0 Å². The average molecular weight is 370 g/mol. The lowest BCUT2D eigenvalue weighted by Gasteiger charge is -2.32. The quantitative estimate of drug-likeness (QED) is 0.880. The van der Waals surface area contributed by atoms with Crippen molar-refractivity contribution >= 4 is 11.7 Å². The fourth-order valence-electron chi connectivity index (χ4n) is 3.85. The lowest BCUT2D eigenvalue weighted by Crippen LogP contribution is -2.44. The van der Waals surface area contributed by atoms with Crippen LogP contribution in [0.15, 0.2) is 18.3 Å². The summed E-state index contributed by atoms with van der Waals surface area (Å²) in [6, 6.07) is 4.26. The molecule has 3 rings (SSSR count). The molecule has 6 nitrogen and oxygen atoms in total. The third kappa shape index (κ3) is 4.49. The van der Waals surface area contributed by atoms with Crippen molar-refractivity contribution < 1.29 is 4.79 Å². The molecule has 2 aromatic rings. The molecule has 1 aliphatic rings. The highest BCUT2D eigenvalue weighted by Gasteiger charge is 2.26. The zero-order chi connectivity index (χ0) is 19.6. The summed E-state index contributed by atoms with van der Waals surface area (Å²) in [5.74, 6) is 1.28. The van der Waals surface area contributed by atoms with Crippen molar-refractivity contribution in [2.75, 3.05) is 18.0 Å². The van der Waals surface area contributed by atoms with Crippen LogP contribution in [0.2, 0.25) is 0 Å². The van der Waals surface area contributed by atoms with Crippen LogP contribution in [0, 0.1) is 26.7 Å². The number of piperidine rings is 1. The summed E-state index contributed by atoms with van der Waals surface area (Å²) in [6.45, 7) is 10.00. The van der Waals surface area contributed by atoms with E-state index in [9.17, 15) is 4.79 Å². The predicted octanol–water partition coefficient (Wildman–Crippen LogP) is 2.70. The van der Waals surface area contributed by atoms with Crippen molar-refractivity contribution in [3.8, 4) is 0 Å². The van der Waals surface area contributed by atoms with Gasteiger partial charge in [-0.05, 0) is 64.2 Å². The number of aryl methyl sites for hydroxylation is 3. The van der Waals surface area contributed by atoms with E-state index < -0.39 is 0 Å². The van der Waals surface area contributed by atoms with E-state index in [1.165, 1.54) is 16.8 Å². The number of amides is 1. The van der Waals surface area contributed by atoms with Gasteiger partial charge in [0.1, 0.15) is 5.82 Å². The molecule has 0 aliphatic carbocycles.